The Morgan fingerprint density at radius 1 is 1.42 bits per heavy atom. The van der Waals surface area contributed by atoms with E-state index in [-0.39, 0.29) is 6.61 Å². The van der Waals surface area contributed by atoms with E-state index in [4.69, 9.17) is 17.3 Å². The molecule has 12 heavy (non-hydrogen) atoms. The summed E-state index contributed by atoms with van der Waals surface area (Å²) in [5.41, 5.74) is 6.19. The first-order valence-corrected chi connectivity index (χ1v) is 3.73. The van der Waals surface area contributed by atoms with Crippen LogP contribution < -0.4 is 5.73 Å². The van der Waals surface area contributed by atoms with Crippen LogP contribution in [0.15, 0.2) is 24.3 Å². The molecule has 1 rings (SSSR count). The summed E-state index contributed by atoms with van der Waals surface area (Å²) in [6.45, 7) is 0.183. The maximum Gasteiger partial charge on any atom is 0.404 e. The van der Waals surface area contributed by atoms with Crippen molar-refractivity contribution in [2.75, 3.05) is 5.73 Å². The molecule has 1 aromatic carbocycles. The van der Waals surface area contributed by atoms with Gasteiger partial charge in [-0.2, -0.15) is 0 Å². The van der Waals surface area contributed by atoms with Gasteiger partial charge in [-0.3, -0.25) is 0 Å². The minimum atomic E-state index is -0.799. The van der Waals surface area contributed by atoms with Gasteiger partial charge in [-0.25, -0.2) is 4.79 Å². The van der Waals surface area contributed by atoms with Crippen LogP contribution in [0.4, 0.5) is 10.5 Å². The first kappa shape index (κ1) is 8.87. The van der Waals surface area contributed by atoms with Crippen molar-refractivity contribution in [3.05, 3.63) is 29.8 Å². The average molecular weight is 186 g/mol. The molecular formula is C8H8ClNO2. The molecule has 0 aliphatic rings. The molecule has 0 aliphatic heterocycles. The van der Waals surface area contributed by atoms with Gasteiger partial charge < -0.3 is 10.5 Å². The number of carbonyl (C=O) groups is 1. The fourth-order valence-corrected chi connectivity index (χ4v) is 0.808. The van der Waals surface area contributed by atoms with E-state index in [1.165, 1.54) is 0 Å². The second-order valence-electron chi connectivity index (χ2n) is 2.27. The highest BCUT2D eigenvalue weighted by molar-refractivity contribution is 6.61. The van der Waals surface area contributed by atoms with Crippen LogP contribution in [-0.4, -0.2) is 5.43 Å². The largest absolute Gasteiger partial charge is 0.449 e. The molecule has 2 N–H and O–H groups in total. The summed E-state index contributed by atoms with van der Waals surface area (Å²) in [5, 5.41) is 0. The molecule has 0 fully saturated rings. The Balaban J connectivity index is 2.53. The number of rotatable bonds is 2. The number of hydrogen-bond donors (Lipinski definition) is 1. The fourth-order valence-electron chi connectivity index (χ4n) is 0.754. The standard InChI is InChI=1S/C8H8ClNO2/c9-8(11)12-5-6-1-3-7(10)4-2-6/h1-4H,5,10H2. The van der Waals surface area contributed by atoms with Crippen LogP contribution in [0.1, 0.15) is 5.56 Å². The van der Waals surface area contributed by atoms with E-state index >= 15 is 0 Å². The zero-order valence-corrected chi connectivity index (χ0v) is 7.04. The monoisotopic (exact) mass is 185 g/mol. The summed E-state index contributed by atoms with van der Waals surface area (Å²) in [5.74, 6) is 0. The molecule has 0 atom stereocenters. The summed E-state index contributed by atoms with van der Waals surface area (Å²) < 4.78 is 4.55. The number of anilines is 1. The van der Waals surface area contributed by atoms with Crippen molar-refractivity contribution in [3.8, 4) is 0 Å². The predicted molar refractivity (Wildman–Crippen MR) is 46.9 cm³/mol. The second-order valence-corrected chi connectivity index (χ2v) is 2.58. The highest BCUT2D eigenvalue weighted by Gasteiger charge is 1.96. The lowest BCUT2D eigenvalue weighted by Gasteiger charge is -2.00. The van der Waals surface area contributed by atoms with Gasteiger partial charge in [-0.1, -0.05) is 12.1 Å². The molecule has 1 aromatic rings. The third-order valence-electron chi connectivity index (χ3n) is 1.33. The van der Waals surface area contributed by atoms with Gasteiger partial charge in [0.1, 0.15) is 6.61 Å². The number of ether oxygens (including phenoxy) is 1. The lowest BCUT2D eigenvalue weighted by molar-refractivity contribution is 0.167. The number of hydrogen-bond acceptors (Lipinski definition) is 3. The molecule has 3 nitrogen and oxygen atoms in total. The molecule has 0 aromatic heterocycles. The van der Waals surface area contributed by atoms with Crippen LogP contribution in [0.2, 0.25) is 0 Å². The molecule has 0 bridgehead atoms. The summed E-state index contributed by atoms with van der Waals surface area (Å²) in [7, 11) is 0. The normalized spacial score (nSPS) is 9.42. The molecule has 4 heteroatoms. The van der Waals surface area contributed by atoms with Gasteiger partial charge >= 0.3 is 5.43 Å². The molecule has 0 heterocycles. The lowest BCUT2D eigenvalue weighted by atomic mass is 10.2. The number of nitrogen functional groups attached to an aromatic ring is 1. The molecule has 0 aliphatic carbocycles. The first-order chi connectivity index (χ1) is 5.68. The van der Waals surface area contributed by atoms with Crippen molar-refractivity contribution < 1.29 is 9.53 Å². The highest BCUT2D eigenvalue weighted by Crippen LogP contribution is 2.07. The zero-order valence-electron chi connectivity index (χ0n) is 6.29. The Morgan fingerprint density at radius 3 is 2.50 bits per heavy atom. The van der Waals surface area contributed by atoms with E-state index in [2.05, 4.69) is 4.74 Å². The van der Waals surface area contributed by atoms with Crippen LogP contribution in [-0.2, 0) is 11.3 Å². The maximum atomic E-state index is 10.2. The Bertz CT molecular complexity index is 271. The molecule has 0 saturated heterocycles. The van der Waals surface area contributed by atoms with E-state index in [9.17, 15) is 4.79 Å². The number of benzene rings is 1. The lowest BCUT2D eigenvalue weighted by Crippen LogP contribution is -1.94. The van der Waals surface area contributed by atoms with Crippen LogP contribution in [0.25, 0.3) is 0 Å². The van der Waals surface area contributed by atoms with Gasteiger partial charge in [0.25, 0.3) is 0 Å². The van der Waals surface area contributed by atoms with Crippen LogP contribution in [0.3, 0.4) is 0 Å². The van der Waals surface area contributed by atoms with Crippen LogP contribution in [0, 0.1) is 0 Å². The Morgan fingerprint density at radius 2 is 2.00 bits per heavy atom. The summed E-state index contributed by atoms with van der Waals surface area (Å²) in [6.07, 6.45) is 0. The smallest absolute Gasteiger partial charge is 0.404 e. The third kappa shape index (κ3) is 2.80. The summed E-state index contributed by atoms with van der Waals surface area (Å²) in [4.78, 5) is 10.2. The molecule has 0 saturated carbocycles. The van der Waals surface area contributed by atoms with Crippen molar-refractivity contribution in [2.45, 2.75) is 6.61 Å². The minimum absolute atomic E-state index is 0.183. The Kier molecular flexibility index (Phi) is 2.94. The predicted octanol–water partition coefficient (Wildman–Crippen LogP) is 2.14. The second kappa shape index (κ2) is 3.97. The van der Waals surface area contributed by atoms with E-state index in [1.54, 1.807) is 24.3 Å². The third-order valence-corrected chi connectivity index (χ3v) is 1.44. The van der Waals surface area contributed by atoms with Gasteiger partial charge in [-0.05, 0) is 17.7 Å². The highest BCUT2D eigenvalue weighted by atomic mass is 35.5. The summed E-state index contributed by atoms with van der Waals surface area (Å²) >= 11 is 4.97. The molecule has 0 unspecified atom stereocenters. The van der Waals surface area contributed by atoms with Gasteiger partial charge in [0.05, 0.1) is 0 Å². The summed E-state index contributed by atoms with van der Waals surface area (Å²) in [6, 6.07) is 7.01. The number of nitrogens with two attached hydrogens (primary N) is 1. The van der Waals surface area contributed by atoms with E-state index in [0.717, 1.165) is 5.56 Å². The minimum Gasteiger partial charge on any atom is -0.449 e. The Labute approximate surface area is 75.1 Å². The van der Waals surface area contributed by atoms with Crippen molar-refractivity contribution in [2.24, 2.45) is 0 Å². The first-order valence-electron chi connectivity index (χ1n) is 3.35. The number of carbonyl (C=O) groups excluding carboxylic acids is 1. The van der Waals surface area contributed by atoms with E-state index in [1.807, 2.05) is 0 Å². The van der Waals surface area contributed by atoms with Crippen molar-refractivity contribution >= 4 is 22.7 Å². The maximum absolute atomic E-state index is 10.2. The Hall–Kier alpha value is -1.22. The molecular weight excluding hydrogens is 178 g/mol. The van der Waals surface area contributed by atoms with Gasteiger partial charge in [0.2, 0.25) is 0 Å². The van der Waals surface area contributed by atoms with Crippen LogP contribution >= 0.6 is 11.6 Å². The van der Waals surface area contributed by atoms with Gasteiger partial charge in [0.15, 0.2) is 0 Å². The molecule has 0 spiro atoms. The van der Waals surface area contributed by atoms with Crippen molar-refractivity contribution in [1.82, 2.24) is 0 Å². The van der Waals surface area contributed by atoms with Gasteiger partial charge in [-0.15, -0.1) is 0 Å². The molecule has 0 radical (unpaired) electrons. The zero-order chi connectivity index (χ0) is 8.97. The number of halogens is 1. The topological polar surface area (TPSA) is 52.3 Å². The SMILES string of the molecule is Nc1ccc(COC(=O)Cl)cc1. The average Bonchev–Trinajstić information content (AvgIpc) is 2.03. The molecule has 64 valence electrons. The van der Waals surface area contributed by atoms with E-state index in [0.29, 0.717) is 5.69 Å². The fraction of sp³-hybridized carbons (Fsp3) is 0.125. The van der Waals surface area contributed by atoms with Crippen LogP contribution in [0.5, 0.6) is 0 Å². The molecule has 0 amide bonds. The van der Waals surface area contributed by atoms with Crippen molar-refractivity contribution in [1.29, 1.82) is 0 Å². The van der Waals surface area contributed by atoms with E-state index < -0.39 is 5.43 Å². The van der Waals surface area contributed by atoms with Gasteiger partial charge in [0, 0.05) is 17.3 Å². The quantitative estimate of drug-likeness (QED) is 0.567. The van der Waals surface area contributed by atoms with Crippen molar-refractivity contribution in [3.63, 3.8) is 0 Å².